The summed E-state index contributed by atoms with van der Waals surface area (Å²) < 4.78 is 6.20. The third-order valence-corrected chi connectivity index (χ3v) is 2.57. The van der Waals surface area contributed by atoms with Gasteiger partial charge in [0.2, 0.25) is 0 Å². The Balaban J connectivity index is 2.72. The van der Waals surface area contributed by atoms with Gasteiger partial charge in [-0.15, -0.1) is 0 Å². The molecule has 1 heterocycles. The van der Waals surface area contributed by atoms with Gasteiger partial charge in [-0.25, -0.2) is 4.79 Å². The molecule has 2 aromatic rings. The largest absolute Gasteiger partial charge is 0.497 e. The number of ether oxygens (including phenoxy) is 1. The Bertz CT molecular complexity index is 622. The van der Waals surface area contributed by atoms with Crippen molar-refractivity contribution in [1.82, 2.24) is 4.57 Å². The van der Waals surface area contributed by atoms with Crippen LogP contribution in [0, 0.1) is 11.3 Å². The molecule has 2 rings (SSSR count). The molecule has 0 spiro atoms. The van der Waals surface area contributed by atoms with Crippen LogP contribution in [0.5, 0.6) is 5.75 Å². The molecule has 0 fully saturated rings. The topological polar surface area (TPSA) is 75.2 Å². The van der Waals surface area contributed by atoms with Crippen LogP contribution in [0.15, 0.2) is 24.4 Å². The molecule has 86 valence electrons. The maximum Gasteiger partial charge on any atom is 0.416 e. The molecule has 0 aliphatic rings. The zero-order chi connectivity index (χ0) is 12.4. The Hall–Kier alpha value is -2.48. The van der Waals surface area contributed by atoms with Crippen molar-refractivity contribution in [3.8, 4) is 11.8 Å². The molecule has 0 aliphatic carbocycles. The van der Waals surface area contributed by atoms with E-state index in [4.69, 9.17) is 15.1 Å². The molecule has 0 bridgehead atoms. The second kappa shape index (κ2) is 4.18. The van der Waals surface area contributed by atoms with Crippen molar-refractivity contribution in [2.24, 2.45) is 0 Å². The molecule has 0 unspecified atom stereocenters. The fourth-order valence-corrected chi connectivity index (χ4v) is 1.79. The van der Waals surface area contributed by atoms with E-state index in [2.05, 4.69) is 0 Å². The standard InChI is InChI=1S/C12H10N2O3/c1-17-9-2-3-11-10(6-9)8(4-5-13)7-14(11)12(15)16/h2-3,6-7H,4H2,1H3,(H,15,16). The first-order valence-corrected chi connectivity index (χ1v) is 4.95. The molecule has 5 heteroatoms. The Morgan fingerprint density at radius 1 is 1.59 bits per heavy atom. The van der Waals surface area contributed by atoms with Gasteiger partial charge in [-0.3, -0.25) is 4.57 Å². The minimum absolute atomic E-state index is 0.171. The highest BCUT2D eigenvalue weighted by atomic mass is 16.5. The number of fused-ring (bicyclic) bond motifs is 1. The van der Waals surface area contributed by atoms with Crippen LogP contribution in [0.1, 0.15) is 5.56 Å². The van der Waals surface area contributed by atoms with Crippen LogP contribution >= 0.6 is 0 Å². The molecule has 1 N–H and O–H groups in total. The summed E-state index contributed by atoms with van der Waals surface area (Å²) in [6.45, 7) is 0. The van der Waals surface area contributed by atoms with Gasteiger partial charge in [0.15, 0.2) is 0 Å². The average Bonchev–Trinajstić information content (AvgIpc) is 2.68. The Morgan fingerprint density at radius 2 is 2.35 bits per heavy atom. The first-order valence-electron chi connectivity index (χ1n) is 4.95. The fraction of sp³-hybridized carbons (Fsp3) is 0.167. The van der Waals surface area contributed by atoms with Gasteiger partial charge in [0.25, 0.3) is 0 Å². The lowest BCUT2D eigenvalue weighted by molar-refractivity contribution is 0.197. The molecule has 0 aliphatic heterocycles. The first kappa shape index (κ1) is 11.0. The van der Waals surface area contributed by atoms with E-state index in [1.54, 1.807) is 25.3 Å². The van der Waals surface area contributed by atoms with E-state index in [0.717, 1.165) is 9.95 Å². The number of hydrogen-bond donors (Lipinski definition) is 1. The highest BCUT2D eigenvalue weighted by Crippen LogP contribution is 2.26. The zero-order valence-corrected chi connectivity index (χ0v) is 9.17. The minimum atomic E-state index is -1.07. The second-order valence-electron chi connectivity index (χ2n) is 3.52. The number of nitriles is 1. The lowest BCUT2D eigenvalue weighted by atomic mass is 10.1. The van der Waals surface area contributed by atoms with Crippen molar-refractivity contribution >= 4 is 17.0 Å². The van der Waals surface area contributed by atoms with Crippen LogP contribution in [-0.4, -0.2) is 22.9 Å². The van der Waals surface area contributed by atoms with Crippen LogP contribution in [0.4, 0.5) is 4.79 Å². The summed E-state index contributed by atoms with van der Waals surface area (Å²) in [6, 6.07) is 7.12. The van der Waals surface area contributed by atoms with Gasteiger partial charge in [0, 0.05) is 11.6 Å². The molecule has 1 aromatic heterocycles. The van der Waals surface area contributed by atoms with Crippen molar-refractivity contribution in [3.05, 3.63) is 30.0 Å². The predicted molar refractivity (Wildman–Crippen MR) is 61.2 cm³/mol. The van der Waals surface area contributed by atoms with E-state index < -0.39 is 6.09 Å². The van der Waals surface area contributed by atoms with Crippen molar-refractivity contribution in [2.45, 2.75) is 6.42 Å². The summed E-state index contributed by atoms with van der Waals surface area (Å²) in [5.41, 5.74) is 1.24. The first-order chi connectivity index (χ1) is 8.17. The van der Waals surface area contributed by atoms with Crippen LogP contribution in [0.2, 0.25) is 0 Å². The monoisotopic (exact) mass is 230 g/mol. The van der Waals surface area contributed by atoms with Gasteiger partial charge in [0.05, 0.1) is 25.1 Å². The average molecular weight is 230 g/mol. The molecule has 1 aromatic carbocycles. The zero-order valence-electron chi connectivity index (χ0n) is 9.17. The molecule has 0 radical (unpaired) electrons. The van der Waals surface area contributed by atoms with Gasteiger partial charge >= 0.3 is 6.09 Å². The predicted octanol–water partition coefficient (Wildman–Crippen LogP) is 2.24. The summed E-state index contributed by atoms with van der Waals surface area (Å²) in [6.07, 6.45) is 0.573. The maximum atomic E-state index is 11.0. The number of rotatable bonds is 2. The van der Waals surface area contributed by atoms with Crippen molar-refractivity contribution < 1.29 is 14.6 Å². The lowest BCUT2D eigenvalue weighted by Crippen LogP contribution is -2.05. The minimum Gasteiger partial charge on any atom is -0.497 e. The Kier molecular flexibility index (Phi) is 2.71. The van der Waals surface area contributed by atoms with E-state index in [1.165, 1.54) is 6.20 Å². The third-order valence-electron chi connectivity index (χ3n) is 2.57. The second-order valence-corrected chi connectivity index (χ2v) is 3.52. The van der Waals surface area contributed by atoms with Crippen LogP contribution in [0.3, 0.4) is 0 Å². The number of benzene rings is 1. The summed E-state index contributed by atoms with van der Waals surface area (Å²) in [7, 11) is 1.54. The highest BCUT2D eigenvalue weighted by Gasteiger charge is 2.13. The number of hydrogen-bond acceptors (Lipinski definition) is 3. The normalized spacial score (nSPS) is 10.1. The van der Waals surface area contributed by atoms with E-state index in [-0.39, 0.29) is 6.42 Å². The quantitative estimate of drug-likeness (QED) is 0.858. The molecule has 0 saturated heterocycles. The van der Waals surface area contributed by atoms with Crippen LogP contribution in [-0.2, 0) is 6.42 Å². The van der Waals surface area contributed by atoms with Crippen LogP contribution < -0.4 is 4.74 Å². The Labute approximate surface area is 97.5 Å². The van der Waals surface area contributed by atoms with E-state index in [1.807, 2.05) is 6.07 Å². The highest BCUT2D eigenvalue weighted by molar-refractivity contribution is 5.92. The van der Waals surface area contributed by atoms with Crippen molar-refractivity contribution in [2.75, 3.05) is 7.11 Å². The molecule has 0 atom stereocenters. The summed E-state index contributed by atoms with van der Waals surface area (Å²) in [4.78, 5) is 11.0. The van der Waals surface area contributed by atoms with Gasteiger partial charge < -0.3 is 9.84 Å². The van der Waals surface area contributed by atoms with Crippen molar-refractivity contribution in [3.63, 3.8) is 0 Å². The number of carboxylic acid groups (broad SMARTS) is 1. The van der Waals surface area contributed by atoms with Gasteiger partial charge in [-0.1, -0.05) is 0 Å². The summed E-state index contributed by atoms with van der Waals surface area (Å²) in [5, 5.41) is 18.5. The third kappa shape index (κ3) is 1.81. The van der Waals surface area contributed by atoms with E-state index in [9.17, 15) is 4.79 Å². The molecule has 0 amide bonds. The molecular weight excluding hydrogens is 220 g/mol. The SMILES string of the molecule is COc1ccc2c(c1)c(CC#N)cn2C(=O)O. The smallest absolute Gasteiger partial charge is 0.416 e. The van der Waals surface area contributed by atoms with E-state index in [0.29, 0.717) is 16.8 Å². The van der Waals surface area contributed by atoms with Crippen LogP contribution in [0.25, 0.3) is 10.9 Å². The number of carbonyl (C=O) groups is 1. The summed E-state index contributed by atoms with van der Waals surface area (Å²) in [5.74, 6) is 0.639. The number of aromatic nitrogens is 1. The molecule has 17 heavy (non-hydrogen) atoms. The van der Waals surface area contributed by atoms with Crippen molar-refractivity contribution in [1.29, 1.82) is 5.26 Å². The fourth-order valence-electron chi connectivity index (χ4n) is 1.79. The molecular formula is C12H10N2O3. The maximum absolute atomic E-state index is 11.0. The summed E-state index contributed by atoms with van der Waals surface area (Å²) >= 11 is 0. The molecule has 5 nitrogen and oxygen atoms in total. The van der Waals surface area contributed by atoms with Gasteiger partial charge in [0.1, 0.15) is 5.75 Å². The number of methoxy groups -OCH3 is 1. The number of nitrogens with zero attached hydrogens (tertiary/aromatic N) is 2. The van der Waals surface area contributed by atoms with Gasteiger partial charge in [-0.2, -0.15) is 5.26 Å². The molecule has 0 saturated carbocycles. The van der Waals surface area contributed by atoms with Gasteiger partial charge in [-0.05, 0) is 23.8 Å². The van der Waals surface area contributed by atoms with E-state index >= 15 is 0 Å². The lowest BCUT2D eigenvalue weighted by Gasteiger charge is -2.01. The Morgan fingerprint density at radius 3 is 2.94 bits per heavy atom.